The van der Waals surface area contributed by atoms with Crippen LogP contribution in [0.1, 0.15) is 103 Å². The van der Waals surface area contributed by atoms with Crippen LogP contribution in [0.15, 0.2) is 83.3 Å². The second-order valence-electron chi connectivity index (χ2n) is 14.9. The van der Waals surface area contributed by atoms with E-state index in [1.165, 1.54) is 4.91 Å². The predicted molar refractivity (Wildman–Crippen MR) is 220 cm³/mol. The van der Waals surface area contributed by atoms with Crippen LogP contribution in [0.2, 0.25) is 0 Å². The minimum Gasteiger partial charge on any atom is -0.481 e. The Morgan fingerprint density at radius 2 is 1.50 bits per heavy atom. The maximum Gasteiger partial charge on any atom is 0.335 e. The zero-order valence-corrected chi connectivity index (χ0v) is 33.5. The summed E-state index contributed by atoms with van der Waals surface area (Å²) in [6.45, 7) is 6.15. The zero-order valence-electron chi connectivity index (χ0n) is 32.7. The molecular weight excluding hydrogens is 729 g/mol. The normalized spacial score (nSPS) is 17.3. The van der Waals surface area contributed by atoms with E-state index in [9.17, 15) is 24.3 Å². The van der Waals surface area contributed by atoms with Gasteiger partial charge in [-0.1, -0.05) is 50.2 Å². The van der Waals surface area contributed by atoms with E-state index in [-0.39, 0.29) is 30.2 Å². The number of nitrogens with zero attached hydrogens (tertiary/aromatic N) is 2. The number of thioether (sulfide) groups is 1. The molecule has 0 spiro atoms. The van der Waals surface area contributed by atoms with Crippen molar-refractivity contribution in [2.75, 3.05) is 25.5 Å². The number of carbonyl (C=O) groups is 4. The molecule has 0 bridgehead atoms. The number of hydrogen-bond acceptors (Lipinski definition) is 8. The summed E-state index contributed by atoms with van der Waals surface area (Å²) >= 11 is 1.60. The fourth-order valence-electron chi connectivity index (χ4n) is 7.62. The number of rotatable bonds is 20. The number of anilines is 1. The summed E-state index contributed by atoms with van der Waals surface area (Å²) in [7, 11) is 1.80. The number of carboxylic acid groups (broad SMARTS) is 2. The van der Waals surface area contributed by atoms with E-state index in [2.05, 4.69) is 29.4 Å². The Morgan fingerprint density at radius 1 is 0.839 bits per heavy atom. The number of nitrogens with one attached hydrogen (secondary N) is 2. The summed E-state index contributed by atoms with van der Waals surface area (Å²) in [6.07, 6.45) is 6.51. The van der Waals surface area contributed by atoms with Crippen molar-refractivity contribution in [3.05, 3.63) is 111 Å². The fourth-order valence-corrected chi connectivity index (χ4v) is 9.16. The van der Waals surface area contributed by atoms with Gasteiger partial charge in [-0.2, -0.15) is 0 Å². The second kappa shape index (κ2) is 20.6. The third-order valence-electron chi connectivity index (χ3n) is 11.0. The average Bonchev–Trinajstić information content (AvgIpc) is 3.57. The van der Waals surface area contributed by atoms with Gasteiger partial charge in [0.2, 0.25) is 5.91 Å². The molecule has 56 heavy (non-hydrogen) atoms. The monoisotopic (exact) mass is 784 g/mol. The Hall–Kier alpha value is -4.49. The minimum absolute atomic E-state index is 0.0912. The van der Waals surface area contributed by atoms with E-state index < -0.39 is 29.5 Å². The maximum absolute atomic E-state index is 14.0. The van der Waals surface area contributed by atoms with Gasteiger partial charge in [0.1, 0.15) is 6.23 Å². The van der Waals surface area contributed by atoms with Crippen molar-refractivity contribution in [2.45, 2.75) is 102 Å². The van der Waals surface area contributed by atoms with Gasteiger partial charge in [-0.15, -0.1) is 11.8 Å². The lowest BCUT2D eigenvalue weighted by Crippen LogP contribution is -2.42. The van der Waals surface area contributed by atoms with Crippen molar-refractivity contribution in [3.8, 4) is 0 Å². The van der Waals surface area contributed by atoms with E-state index in [1.54, 1.807) is 35.8 Å². The van der Waals surface area contributed by atoms with Crippen molar-refractivity contribution in [1.82, 2.24) is 15.1 Å². The molecular formula is C44H56N4O7S. The maximum atomic E-state index is 14.0. The number of carbonyl (C=O) groups excluding carboxylic acids is 2. The summed E-state index contributed by atoms with van der Waals surface area (Å²) in [6, 6.07) is 22.7. The zero-order chi connectivity index (χ0) is 40.2. The summed E-state index contributed by atoms with van der Waals surface area (Å²) in [4.78, 5) is 55.3. The molecule has 0 saturated carbocycles. The first-order chi connectivity index (χ1) is 26.9. The lowest BCUT2D eigenvalue weighted by atomic mass is 9.88. The first kappa shape index (κ1) is 42.6. The molecule has 3 unspecified atom stereocenters. The Morgan fingerprint density at radius 3 is 2.14 bits per heavy atom. The van der Waals surface area contributed by atoms with Gasteiger partial charge in [0.25, 0.3) is 5.91 Å². The van der Waals surface area contributed by atoms with Crippen molar-refractivity contribution < 1.29 is 34.5 Å². The quantitative estimate of drug-likeness (QED) is 0.0745. The van der Waals surface area contributed by atoms with Crippen molar-refractivity contribution in [3.63, 3.8) is 0 Å². The first-order valence-electron chi connectivity index (χ1n) is 19.8. The summed E-state index contributed by atoms with van der Waals surface area (Å²) < 4.78 is 0. The molecule has 2 amide bonds. The van der Waals surface area contributed by atoms with Gasteiger partial charge < -0.3 is 26.0 Å². The van der Waals surface area contributed by atoms with Crippen LogP contribution in [0.4, 0.5) is 5.69 Å². The SMILES string of the molecule is CCC(CC)N(CCN(C)C(O)CCC(=O)O)Cc1cccc(C(=O)NC2SC3=C(CCCC3)C2C(=O)Nc2ccc(CCc3ccc(C(=O)O)cc3)cc2)c1. The van der Waals surface area contributed by atoms with E-state index in [4.69, 9.17) is 10.2 Å². The molecule has 0 saturated heterocycles. The van der Waals surface area contributed by atoms with Gasteiger partial charge in [0.15, 0.2) is 0 Å². The van der Waals surface area contributed by atoms with Crippen LogP contribution >= 0.6 is 11.8 Å². The van der Waals surface area contributed by atoms with Crippen LogP contribution in [0, 0.1) is 5.92 Å². The molecule has 2 aliphatic rings. The number of carboxylic acids is 2. The summed E-state index contributed by atoms with van der Waals surface area (Å²) in [5.74, 6) is -2.71. The molecule has 0 radical (unpaired) electrons. The number of allylic oxidation sites excluding steroid dienone is 1. The highest BCUT2D eigenvalue weighted by atomic mass is 32.2. The van der Waals surface area contributed by atoms with Crippen LogP contribution in [-0.2, 0) is 29.0 Å². The molecule has 3 aromatic carbocycles. The Labute approximate surface area is 334 Å². The van der Waals surface area contributed by atoms with Gasteiger partial charge in [-0.3, -0.25) is 24.2 Å². The predicted octanol–water partition coefficient (Wildman–Crippen LogP) is 7.16. The molecule has 11 nitrogen and oxygen atoms in total. The number of hydrogen-bond donors (Lipinski definition) is 5. The number of aliphatic hydroxyl groups is 1. The number of amides is 2. The number of aliphatic hydroxyl groups excluding tert-OH is 1. The van der Waals surface area contributed by atoms with E-state index in [1.807, 2.05) is 60.7 Å². The van der Waals surface area contributed by atoms with Crippen LogP contribution in [0.25, 0.3) is 0 Å². The number of aliphatic carboxylic acids is 1. The van der Waals surface area contributed by atoms with Crippen LogP contribution < -0.4 is 10.6 Å². The number of aryl methyl sites for hydroxylation is 2. The molecule has 300 valence electrons. The number of aromatic carboxylic acids is 1. The third-order valence-corrected chi connectivity index (χ3v) is 12.4. The largest absolute Gasteiger partial charge is 0.481 e. The van der Waals surface area contributed by atoms with Crippen molar-refractivity contribution in [2.24, 2.45) is 5.92 Å². The molecule has 0 aromatic heterocycles. The number of likely N-dealkylation sites (N-methyl/N-ethyl adjacent to an activating group) is 1. The van der Waals surface area contributed by atoms with Gasteiger partial charge in [-0.05, 0) is 128 Å². The molecule has 12 heteroatoms. The highest BCUT2D eigenvalue weighted by Crippen LogP contribution is 2.48. The summed E-state index contributed by atoms with van der Waals surface area (Å²) in [5, 5.41) is 34.5. The smallest absolute Gasteiger partial charge is 0.335 e. The molecule has 3 aromatic rings. The molecule has 1 aliphatic carbocycles. The van der Waals surface area contributed by atoms with Crippen LogP contribution in [0.3, 0.4) is 0 Å². The molecule has 5 rings (SSSR count). The van der Waals surface area contributed by atoms with Crippen LogP contribution in [-0.4, -0.2) is 86.7 Å². The van der Waals surface area contributed by atoms with Gasteiger partial charge in [0.05, 0.1) is 16.9 Å². The van der Waals surface area contributed by atoms with Gasteiger partial charge in [-0.25, -0.2) is 4.79 Å². The lowest BCUT2D eigenvalue weighted by Gasteiger charge is -2.33. The van der Waals surface area contributed by atoms with Crippen LogP contribution in [0.5, 0.6) is 0 Å². The highest BCUT2D eigenvalue weighted by molar-refractivity contribution is 8.04. The fraction of sp³-hybridized carbons (Fsp3) is 0.455. The Bertz CT molecular complexity index is 1840. The molecule has 3 atom stereocenters. The van der Waals surface area contributed by atoms with Crippen molar-refractivity contribution >= 4 is 41.2 Å². The molecule has 1 heterocycles. The Kier molecular flexibility index (Phi) is 15.7. The molecule has 5 N–H and O–H groups in total. The van der Waals surface area contributed by atoms with E-state index in [0.29, 0.717) is 36.9 Å². The molecule has 1 aliphatic heterocycles. The average molecular weight is 785 g/mol. The topological polar surface area (TPSA) is 160 Å². The van der Waals surface area contributed by atoms with E-state index >= 15 is 0 Å². The molecule has 0 fully saturated rings. The second-order valence-corrected chi connectivity index (χ2v) is 16.1. The standard InChI is InChI=1S/C44H56N4O7S/c1-4-35(5-2)48(26-25-47(3)38(49)23-24-39(50)51)28-31-9-8-10-33(27-31)41(52)46-43-40(36-11-6-7-12-37(36)56-43)42(53)45-34-21-17-30(18-22-34)14-13-29-15-19-32(20-16-29)44(54)55/h8-10,15-22,27,35,38,40,43,49H,4-7,11-14,23-26,28H2,1-3H3,(H,45,53)(H,46,52)(H,50,51)(H,54,55). The highest BCUT2D eigenvalue weighted by Gasteiger charge is 2.42. The minimum atomic E-state index is -0.940. The summed E-state index contributed by atoms with van der Waals surface area (Å²) in [5.41, 5.74) is 5.77. The first-order valence-corrected chi connectivity index (χ1v) is 20.7. The van der Waals surface area contributed by atoms with Gasteiger partial charge >= 0.3 is 11.9 Å². The lowest BCUT2D eigenvalue weighted by molar-refractivity contribution is -0.138. The Balaban J connectivity index is 1.21. The van der Waals surface area contributed by atoms with Gasteiger partial charge in [0, 0.05) is 43.3 Å². The van der Waals surface area contributed by atoms with E-state index in [0.717, 1.165) is 73.6 Å². The van der Waals surface area contributed by atoms with Crippen molar-refractivity contribution in [1.29, 1.82) is 0 Å². The number of benzene rings is 3. The third kappa shape index (κ3) is 11.8.